The van der Waals surface area contributed by atoms with E-state index in [1.165, 1.54) is 37.5 Å². The monoisotopic (exact) mass is 457 g/mol. The molecule has 1 unspecified atom stereocenters. The first-order chi connectivity index (χ1) is 14.8. The van der Waals surface area contributed by atoms with Gasteiger partial charge in [0.15, 0.2) is 5.75 Å². The molecule has 2 bridgehead atoms. The number of halogens is 2. The van der Waals surface area contributed by atoms with E-state index in [1.807, 2.05) is 0 Å². The van der Waals surface area contributed by atoms with Crippen LogP contribution in [0.3, 0.4) is 0 Å². The number of nitrogens with one attached hydrogen (secondary N) is 2. The van der Waals surface area contributed by atoms with Crippen molar-refractivity contribution in [2.24, 2.45) is 11.8 Å². The van der Waals surface area contributed by atoms with Crippen LogP contribution in [0.5, 0.6) is 5.75 Å². The third-order valence-corrected chi connectivity index (χ3v) is 7.29. The lowest BCUT2D eigenvalue weighted by molar-refractivity contribution is 0.0923. The molecule has 3 atom stereocenters. The van der Waals surface area contributed by atoms with Gasteiger partial charge in [-0.1, -0.05) is 29.6 Å². The highest BCUT2D eigenvalue weighted by Gasteiger charge is 2.40. The van der Waals surface area contributed by atoms with Crippen molar-refractivity contribution < 1.29 is 9.90 Å². The number of nitrogen functional groups attached to an aromatic ring is 1. The lowest BCUT2D eigenvalue weighted by Gasteiger charge is -2.23. The van der Waals surface area contributed by atoms with Gasteiger partial charge in [-0.2, -0.15) is 0 Å². The molecule has 160 valence electrons. The molecule has 2 aliphatic carbocycles. The summed E-state index contributed by atoms with van der Waals surface area (Å²) in [5.41, 5.74) is 6.91. The summed E-state index contributed by atoms with van der Waals surface area (Å²) in [6.07, 6.45) is 4.65. The Morgan fingerprint density at radius 3 is 2.52 bits per heavy atom. The summed E-state index contributed by atoms with van der Waals surface area (Å²) in [7, 11) is 0. The number of carbonyl (C=O) groups is 1. The number of nitrogens with two attached hydrogens (primary N) is 1. The maximum Gasteiger partial charge on any atom is 0.251 e. The Balaban J connectivity index is 1.50. The molecular formula is C23H21Cl2N3O3. The molecule has 2 aliphatic rings. The van der Waals surface area contributed by atoms with E-state index in [0.717, 1.165) is 12.3 Å². The van der Waals surface area contributed by atoms with Crippen LogP contribution >= 0.6 is 23.2 Å². The summed E-state index contributed by atoms with van der Waals surface area (Å²) in [6.45, 7) is 0. The Morgan fingerprint density at radius 2 is 1.87 bits per heavy atom. The number of hydrogen-bond donors (Lipinski definition) is 4. The van der Waals surface area contributed by atoms with Crippen molar-refractivity contribution >= 4 is 45.7 Å². The van der Waals surface area contributed by atoms with E-state index in [9.17, 15) is 14.7 Å². The maximum absolute atomic E-state index is 12.9. The Morgan fingerprint density at radius 1 is 1.13 bits per heavy atom. The summed E-state index contributed by atoms with van der Waals surface area (Å²) >= 11 is 12.2. The Bertz CT molecular complexity index is 1260. The number of hydrogen-bond acceptors (Lipinski definition) is 4. The second-order valence-electron chi connectivity index (χ2n) is 8.55. The average Bonchev–Trinajstić information content (AvgIpc) is 3.37. The van der Waals surface area contributed by atoms with Gasteiger partial charge in [-0.05, 0) is 61.4 Å². The van der Waals surface area contributed by atoms with Gasteiger partial charge in [0.1, 0.15) is 0 Å². The van der Waals surface area contributed by atoms with Gasteiger partial charge in [0.25, 0.3) is 5.91 Å². The fourth-order valence-corrected chi connectivity index (χ4v) is 5.52. The van der Waals surface area contributed by atoms with E-state index in [2.05, 4.69) is 10.3 Å². The minimum atomic E-state index is -0.581. The van der Waals surface area contributed by atoms with Crippen molar-refractivity contribution in [2.75, 3.05) is 5.73 Å². The highest BCUT2D eigenvalue weighted by molar-refractivity contribution is 6.39. The van der Waals surface area contributed by atoms with E-state index in [1.54, 1.807) is 12.1 Å². The van der Waals surface area contributed by atoms with E-state index in [0.29, 0.717) is 22.6 Å². The summed E-state index contributed by atoms with van der Waals surface area (Å²) < 4.78 is 0. The quantitative estimate of drug-likeness (QED) is 0.427. The van der Waals surface area contributed by atoms with Crippen LogP contribution in [0.1, 0.15) is 36.0 Å². The van der Waals surface area contributed by atoms with Gasteiger partial charge >= 0.3 is 0 Å². The number of H-pyrrole nitrogens is 1. The number of rotatable bonds is 3. The first-order valence-electron chi connectivity index (χ1n) is 10.3. The van der Waals surface area contributed by atoms with Crippen molar-refractivity contribution in [3.8, 4) is 17.0 Å². The summed E-state index contributed by atoms with van der Waals surface area (Å²) in [6, 6.07) is 8.10. The van der Waals surface area contributed by atoms with Crippen LogP contribution < -0.4 is 16.5 Å². The molecule has 1 heterocycles. The van der Waals surface area contributed by atoms with Gasteiger partial charge in [0, 0.05) is 17.2 Å². The maximum atomic E-state index is 12.9. The minimum Gasteiger partial charge on any atom is -0.503 e. The topological polar surface area (TPSA) is 108 Å². The molecule has 1 amide bonds. The van der Waals surface area contributed by atoms with Crippen LogP contribution in [0.4, 0.5) is 5.69 Å². The van der Waals surface area contributed by atoms with Crippen LogP contribution in [0.15, 0.2) is 35.1 Å². The number of amides is 1. The highest BCUT2D eigenvalue weighted by Crippen LogP contribution is 2.44. The number of fused-ring (bicyclic) bond motifs is 3. The normalized spacial score (nSPS) is 22.2. The molecule has 31 heavy (non-hydrogen) atoms. The second kappa shape index (κ2) is 7.46. The average molecular weight is 458 g/mol. The van der Waals surface area contributed by atoms with Gasteiger partial charge < -0.3 is 21.1 Å². The molecule has 6 nitrogen and oxygen atoms in total. The molecule has 0 saturated heterocycles. The van der Waals surface area contributed by atoms with Crippen LogP contribution in [0.25, 0.3) is 22.2 Å². The smallest absolute Gasteiger partial charge is 0.251 e. The number of benzene rings is 2. The third kappa shape index (κ3) is 3.44. The minimum absolute atomic E-state index is 0.181. The number of pyridine rings is 1. The zero-order chi connectivity index (χ0) is 21.9. The van der Waals surface area contributed by atoms with Crippen molar-refractivity contribution in [1.29, 1.82) is 0 Å². The predicted molar refractivity (Wildman–Crippen MR) is 123 cm³/mol. The molecule has 3 aromatic rings. The van der Waals surface area contributed by atoms with Gasteiger partial charge in [0.2, 0.25) is 5.43 Å². The molecule has 5 N–H and O–H groups in total. The van der Waals surface area contributed by atoms with Gasteiger partial charge in [-0.25, -0.2) is 0 Å². The standard InChI is InChI=1S/C23H21Cl2N3O3/c24-15-8-13(9-16(25)19(15)26)20-22(30)21(29)14-7-12(3-4-17(14)27-20)23(31)28-18-6-10-1-2-11(18)5-10/h3-4,7-11,18,30H,1-2,5-6,26H2,(H,27,29)(H,28,31)/t10-,11+,18?/m0/s1. The molecular weight excluding hydrogens is 437 g/mol. The summed E-state index contributed by atoms with van der Waals surface area (Å²) in [5, 5.41) is 14.4. The molecule has 1 aromatic heterocycles. The lowest BCUT2D eigenvalue weighted by Crippen LogP contribution is -2.38. The zero-order valence-corrected chi connectivity index (χ0v) is 18.1. The number of anilines is 1. The first-order valence-corrected chi connectivity index (χ1v) is 11.0. The fourth-order valence-electron chi connectivity index (χ4n) is 5.03. The highest BCUT2D eigenvalue weighted by atomic mass is 35.5. The summed E-state index contributed by atoms with van der Waals surface area (Å²) in [5.74, 6) is 0.609. The molecule has 2 saturated carbocycles. The number of aromatic hydroxyl groups is 1. The molecule has 8 heteroatoms. The second-order valence-corrected chi connectivity index (χ2v) is 9.36. The number of aromatic nitrogens is 1. The van der Waals surface area contributed by atoms with Gasteiger partial charge in [-0.3, -0.25) is 9.59 Å². The van der Waals surface area contributed by atoms with Gasteiger partial charge in [-0.15, -0.1) is 0 Å². The van der Waals surface area contributed by atoms with Crippen LogP contribution in [-0.4, -0.2) is 22.0 Å². The first kappa shape index (κ1) is 20.2. The Labute approximate surface area is 188 Å². The third-order valence-electron chi connectivity index (χ3n) is 6.66. The molecule has 2 fully saturated rings. The van der Waals surface area contributed by atoms with Crippen molar-refractivity contribution in [3.63, 3.8) is 0 Å². The van der Waals surface area contributed by atoms with E-state index in [4.69, 9.17) is 28.9 Å². The molecule has 5 rings (SSSR count). The Kier molecular flexibility index (Phi) is 4.87. The molecule has 0 spiro atoms. The largest absolute Gasteiger partial charge is 0.503 e. The van der Waals surface area contributed by atoms with E-state index in [-0.39, 0.29) is 38.8 Å². The number of carbonyl (C=O) groups excluding carboxylic acids is 1. The van der Waals surface area contributed by atoms with Crippen molar-refractivity contribution in [3.05, 3.63) is 56.2 Å². The van der Waals surface area contributed by atoms with Gasteiger partial charge in [0.05, 0.1) is 32.3 Å². The molecule has 2 aromatic carbocycles. The number of aromatic amines is 1. The van der Waals surface area contributed by atoms with Crippen molar-refractivity contribution in [2.45, 2.75) is 31.7 Å². The van der Waals surface area contributed by atoms with Crippen LogP contribution in [0.2, 0.25) is 10.0 Å². The SMILES string of the molecule is Nc1c(Cl)cc(-c2[nH]c3ccc(C(=O)NC4C[C@H]5CC[C@@H]4C5)cc3c(=O)c2O)cc1Cl. The lowest BCUT2D eigenvalue weighted by atomic mass is 9.95. The molecule has 0 aliphatic heterocycles. The van der Waals surface area contributed by atoms with Crippen molar-refractivity contribution in [1.82, 2.24) is 10.3 Å². The van der Waals surface area contributed by atoms with E-state index >= 15 is 0 Å². The van der Waals surface area contributed by atoms with Crippen LogP contribution in [0, 0.1) is 11.8 Å². The predicted octanol–water partition coefficient (Wildman–Crippen LogP) is 4.71. The van der Waals surface area contributed by atoms with Crippen LogP contribution in [-0.2, 0) is 0 Å². The van der Waals surface area contributed by atoms with E-state index < -0.39 is 11.2 Å². The Hall–Kier alpha value is -2.70. The fraction of sp³-hybridized carbons (Fsp3) is 0.304. The summed E-state index contributed by atoms with van der Waals surface area (Å²) in [4.78, 5) is 28.7. The zero-order valence-electron chi connectivity index (χ0n) is 16.5. The molecule has 0 radical (unpaired) electrons.